The molecule has 0 bridgehead atoms. The van der Waals surface area contributed by atoms with E-state index in [1.165, 1.54) is 0 Å². The predicted octanol–water partition coefficient (Wildman–Crippen LogP) is 5.38. The Labute approximate surface area is 162 Å². The van der Waals surface area contributed by atoms with E-state index in [1.807, 2.05) is 24.3 Å². The zero-order chi connectivity index (χ0) is 17.8. The number of aryl methyl sites for hydroxylation is 1. The van der Waals surface area contributed by atoms with Crippen LogP contribution in [0.15, 0.2) is 51.5 Å². The molecule has 0 aliphatic carbocycles. The summed E-state index contributed by atoms with van der Waals surface area (Å²) in [6.07, 6.45) is 0.537. The summed E-state index contributed by atoms with van der Waals surface area (Å²) in [6.45, 7) is 0. The minimum atomic E-state index is -0.193. The van der Waals surface area contributed by atoms with Gasteiger partial charge in [-0.2, -0.15) is 4.98 Å². The maximum absolute atomic E-state index is 12.0. The Morgan fingerprint density at radius 2 is 1.80 bits per heavy atom. The van der Waals surface area contributed by atoms with Crippen molar-refractivity contribution >= 4 is 50.7 Å². The SMILES string of the molecule is O=C(CCc1nc(-c2ccc(Br)cc2)no1)Nc1cc(Cl)cc(Cl)c1. The smallest absolute Gasteiger partial charge is 0.227 e. The predicted molar refractivity (Wildman–Crippen MR) is 101 cm³/mol. The fraction of sp³-hybridized carbons (Fsp3) is 0.118. The number of rotatable bonds is 5. The molecule has 1 heterocycles. The van der Waals surface area contributed by atoms with E-state index in [9.17, 15) is 4.79 Å². The van der Waals surface area contributed by atoms with Crippen molar-refractivity contribution in [3.05, 3.63) is 62.9 Å². The number of halogens is 3. The van der Waals surface area contributed by atoms with E-state index in [2.05, 4.69) is 31.4 Å². The van der Waals surface area contributed by atoms with Gasteiger partial charge in [0.25, 0.3) is 0 Å². The number of amides is 1. The van der Waals surface area contributed by atoms with Crippen LogP contribution < -0.4 is 5.32 Å². The Kier molecular flexibility index (Phi) is 5.73. The van der Waals surface area contributed by atoms with Crippen molar-refractivity contribution < 1.29 is 9.32 Å². The topological polar surface area (TPSA) is 68.0 Å². The third-order valence-corrected chi connectivity index (χ3v) is 4.25. The van der Waals surface area contributed by atoms with Gasteiger partial charge in [-0.15, -0.1) is 0 Å². The quantitative estimate of drug-likeness (QED) is 0.578. The molecule has 0 radical (unpaired) electrons. The van der Waals surface area contributed by atoms with Crippen LogP contribution in [0, 0.1) is 0 Å². The molecule has 0 unspecified atom stereocenters. The number of benzene rings is 2. The van der Waals surface area contributed by atoms with Gasteiger partial charge >= 0.3 is 0 Å². The van der Waals surface area contributed by atoms with Crippen molar-refractivity contribution in [2.45, 2.75) is 12.8 Å². The molecule has 1 N–H and O–H groups in total. The minimum Gasteiger partial charge on any atom is -0.339 e. The Morgan fingerprint density at radius 3 is 2.48 bits per heavy atom. The second-order valence-electron chi connectivity index (χ2n) is 5.22. The maximum Gasteiger partial charge on any atom is 0.227 e. The summed E-state index contributed by atoms with van der Waals surface area (Å²) < 4.78 is 6.16. The molecule has 1 aromatic heterocycles. The molecule has 128 valence electrons. The molecule has 25 heavy (non-hydrogen) atoms. The number of carbonyl (C=O) groups excluding carboxylic acids is 1. The maximum atomic E-state index is 12.0. The van der Waals surface area contributed by atoms with E-state index in [0.717, 1.165) is 10.0 Å². The van der Waals surface area contributed by atoms with Crippen molar-refractivity contribution in [3.63, 3.8) is 0 Å². The molecule has 3 rings (SSSR count). The number of anilines is 1. The molecule has 0 aliphatic heterocycles. The molecule has 5 nitrogen and oxygen atoms in total. The van der Waals surface area contributed by atoms with Gasteiger partial charge < -0.3 is 9.84 Å². The first-order chi connectivity index (χ1) is 12.0. The zero-order valence-electron chi connectivity index (χ0n) is 12.8. The summed E-state index contributed by atoms with van der Waals surface area (Å²) in [5.41, 5.74) is 1.39. The molecule has 8 heteroatoms. The minimum absolute atomic E-state index is 0.193. The van der Waals surface area contributed by atoms with Crippen LogP contribution in [0.4, 0.5) is 5.69 Å². The Hall–Kier alpha value is -1.89. The number of aromatic nitrogens is 2. The van der Waals surface area contributed by atoms with Crippen LogP contribution in [-0.4, -0.2) is 16.0 Å². The monoisotopic (exact) mass is 439 g/mol. The van der Waals surface area contributed by atoms with Gasteiger partial charge in [-0.1, -0.05) is 44.3 Å². The highest BCUT2D eigenvalue weighted by atomic mass is 79.9. The fourth-order valence-corrected chi connectivity index (χ4v) is 2.93. The average molecular weight is 441 g/mol. The van der Waals surface area contributed by atoms with E-state index < -0.39 is 0 Å². The summed E-state index contributed by atoms with van der Waals surface area (Å²) in [5.74, 6) is 0.698. The first kappa shape index (κ1) is 17.9. The number of hydrogen-bond donors (Lipinski definition) is 1. The third kappa shape index (κ3) is 5.04. The van der Waals surface area contributed by atoms with Gasteiger partial charge in [0, 0.05) is 38.6 Å². The van der Waals surface area contributed by atoms with Crippen LogP contribution in [0.2, 0.25) is 10.0 Å². The fourth-order valence-electron chi connectivity index (χ4n) is 2.14. The van der Waals surface area contributed by atoms with Gasteiger partial charge in [-0.3, -0.25) is 4.79 Å². The third-order valence-electron chi connectivity index (χ3n) is 3.28. The van der Waals surface area contributed by atoms with E-state index in [0.29, 0.717) is 33.9 Å². The summed E-state index contributed by atoms with van der Waals surface area (Å²) in [7, 11) is 0. The molecule has 0 saturated carbocycles. The van der Waals surface area contributed by atoms with E-state index >= 15 is 0 Å². The van der Waals surface area contributed by atoms with E-state index in [4.69, 9.17) is 27.7 Å². The highest BCUT2D eigenvalue weighted by Crippen LogP contribution is 2.23. The lowest BCUT2D eigenvalue weighted by Crippen LogP contribution is -2.12. The number of carbonyl (C=O) groups is 1. The largest absolute Gasteiger partial charge is 0.339 e. The van der Waals surface area contributed by atoms with Crippen molar-refractivity contribution in [1.29, 1.82) is 0 Å². The van der Waals surface area contributed by atoms with Gasteiger partial charge in [-0.05, 0) is 42.5 Å². The van der Waals surface area contributed by atoms with Crippen LogP contribution in [0.3, 0.4) is 0 Å². The second-order valence-corrected chi connectivity index (χ2v) is 7.01. The summed E-state index contributed by atoms with van der Waals surface area (Å²) in [6, 6.07) is 12.4. The summed E-state index contributed by atoms with van der Waals surface area (Å²) >= 11 is 15.2. The van der Waals surface area contributed by atoms with Crippen LogP contribution in [0.1, 0.15) is 12.3 Å². The molecule has 0 spiro atoms. The van der Waals surface area contributed by atoms with Crippen LogP contribution in [-0.2, 0) is 11.2 Å². The molecule has 0 aliphatic rings. The Bertz CT molecular complexity index is 877. The van der Waals surface area contributed by atoms with Crippen molar-refractivity contribution in [2.75, 3.05) is 5.32 Å². The highest BCUT2D eigenvalue weighted by Gasteiger charge is 2.11. The first-order valence-corrected chi connectivity index (χ1v) is 8.89. The van der Waals surface area contributed by atoms with Crippen LogP contribution >= 0.6 is 39.1 Å². The molecule has 1 amide bonds. The first-order valence-electron chi connectivity index (χ1n) is 7.34. The lowest BCUT2D eigenvalue weighted by atomic mass is 10.2. The van der Waals surface area contributed by atoms with Gasteiger partial charge in [0.15, 0.2) is 0 Å². The molecule has 3 aromatic rings. The lowest BCUT2D eigenvalue weighted by molar-refractivity contribution is -0.116. The van der Waals surface area contributed by atoms with Gasteiger partial charge in [0.1, 0.15) is 0 Å². The van der Waals surface area contributed by atoms with Gasteiger partial charge in [-0.25, -0.2) is 0 Å². The van der Waals surface area contributed by atoms with E-state index in [-0.39, 0.29) is 12.3 Å². The van der Waals surface area contributed by atoms with E-state index in [1.54, 1.807) is 18.2 Å². The molecule has 0 atom stereocenters. The molecule has 0 saturated heterocycles. The Morgan fingerprint density at radius 1 is 1.12 bits per heavy atom. The normalized spacial score (nSPS) is 10.7. The summed E-state index contributed by atoms with van der Waals surface area (Å²) in [4.78, 5) is 16.3. The van der Waals surface area contributed by atoms with Crippen molar-refractivity contribution in [3.8, 4) is 11.4 Å². The lowest BCUT2D eigenvalue weighted by Gasteiger charge is -2.05. The summed E-state index contributed by atoms with van der Waals surface area (Å²) in [5, 5.41) is 7.58. The molecule has 2 aromatic carbocycles. The van der Waals surface area contributed by atoms with Crippen LogP contribution in [0.5, 0.6) is 0 Å². The molecule has 0 fully saturated rings. The highest BCUT2D eigenvalue weighted by molar-refractivity contribution is 9.10. The number of hydrogen-bond acceptors (Lipinski definition) is 4. The van der Waals surface area contributed by atoms with Crippen LogP contribution in [0.25, 0.3) is 11.4 Å². The van der Waals surface area contributed by atoms with Gasteiger partial charge in [0.2, 0.25) is 17.6 Å². The number of nitrogens with zero attached hydrogens (tertiary/aromatic N) is 2. The molecular formula is C17H12BrCl2N3O2. The van der Waals surface area contributed by atoms with Crippen molar-refractivity contribution in [2.24, 2.45) is 0 Å². The number of nitrogens with one attached hydrogen (secondary N) is 1. The second kappa shape index (κ2) is 7.99. The van der Waals surface area contributed by atoms with Gasteiger partial charge in [0.05, 0.1) is 0 Å². The van der Waals surface area contributed by atoms with Crippen molar-refractivity contribution in [1.82, 2.24) is 10.1 Å². The average Bonchev–Trinajstić information content (AvgIpc) is 3.01. The Balaban J connectivity index is 1.58. The zero-order valence-corrected chi connectivity index (χ0v) is 15.9. The standard InChI is InChI=1S/C17H12BrCl2N3O2/c18-11-3-1-10(2-4-11)17-22-16(25-23-17)6-5-15(24)21-14-8-12(19)7-13(20)9-14/h1-4,7-9H,5-6H2,(H,21,24). The molecular weight excluding hydrogens is 429 g/mol.